The minimum Gasteiger partial charge on any atom is -1.00 e. The SMILES string of the molecule is Cc1ccccc1C(C)(OCC[NH+](C)C)c1ccccc1.[Cl-]. The van der Waals surface area contributed by atoms with Gasteiger partial charge in [0.1, 0.15) is 12.1 Å². The van der Waals surface area contributed by atoms with E-state index in [0.29, 0.717) is 0 Å². The Morgan fingerprint density at radius 2 is 1.55 bits per heavy atom. The van der Waals surface area contributed by atoms with E-state index in [1.54, 1.807) is 0 Å². The van der Waals surface area contributed by atoms with Crippen LogP contribution in [-0.2, 0) is 10.3 Å². The molecule has 0 fully saturated rings. The van der Waals surface area contributed by atoms with Crippen LogP contribution in [0, 0.1) is 6.92 Å². The number of likely N-dealkylation sites (N-methyl/N-ethyl adjacent to an activating group) is 1. The molecule has 0 spiro atoms. The van der Waals surface area contributed by atoms with E-state index >= 15 is 0 Å². The van der Waals surface area contributed by atoms with Crippen LogP contribution in [0.3, 0.4) is 0 Å². The van der Waals surface area contributed by atoms with Crippen molar-refractivity contribution in [3.63, 3.8) is 0 Å². The van der Waals surface area contributed by atoms with E-state index in [-0.39, 0.29) is 12.4 Å². The highest BCUT2D eigenvalue weighted by molar-refractivity contribution is 5.40. The summed E-state index contributed by atoms with van der Waals surface area (Å²) in [6.45, 7) is 6.06. The summed E-state index contributed by atoms with van der Waals surface area (Å²) in [4.78, 5) is 1.40. The first-order valence-corrected chi connectivity index (χ1v) is 7.58. The van der Waals surface area contributed by atoms with Crippen molar-refractivity contribution in [3.8, 4) is 0 Å². The standard InChI is InChI=1S/C19H25NO.ClH/c1-16-10-8-9-13-18(16)19(2,21-15-14-20(3)4)17-11-6-5-7-12-17;/h5-13H,14-15H2,1-4H3;1H. The summed E-state index contributed by atoms with van der Waals surface area (Å²) in [5, 5.41) is 0. The Hall–Kier alpha value is -1.35. The molecule has 0 aliphatic rings. The predicted molar refractivity (Wildman–Crippen MR) is 87.7 cm³/mol. The quantitative estimate of drug-likeness (QED) is 0.752. The number of ether oxygens (including phenoxy) is 1. The lowest BCUT2D eigenvalue weighted by atomic mass is 9.85. The average Bonchev–Trinajstić information content (AvgIpc) is 2.48. The number of benzene rings is 2. The van der Waals surface area contributed by atoms with Crippen molar-refractivity contribution in [2.45, 2.75) is 19.4 Å². The second-order valence-corrected chi connectivity index (χ2v) is 6.02. The number of nitrogens with one attached hydrogen (secondary N) is 1. The molecule has 1 unspecified atom stereocenters. The summed E-state index contributed by atoms with van der Waals surface area (Å²) in [7, 11) is 4.30. The van der Waals surface area contributed by atoms with Crippen LogP contribution in [-0.4, -0.2) is 27.2 Å². The van der Waals surface area contributed by atoms with Crippen molar-refractivity contribution in [2.24, 2.45) is 0 Å². The van der Waals surface area contributed by atoms with Gasteiger partial charge in [-0.3, -0.25) is 0 Å². The Labute approximate surface area is 140 Å². The first-order valence-electron chi connectivity index (χ1n) is 7.58. The van der Waals surface area contributed by atoms with E-state index in [0.717, 1.165) is 13.2 Å². The third-order valence-corrected chi connectivity index (χ3v) is 3.98. The maximum atomic E-state index is 6.37. The van der Waals surface area contributed by atoms with Crippen molar-refractivity contribution in [1.82, 2.24) is 0 Å². The molecule has 2 aromatic rings. The molecule has 22 heavy (non-hydrogen) atoms. The number of quaternary nitrogens is 1. The molecule has 0 heterocycles. The smallest absolute Gasteiger partial charge is 0.116 e. The Kier molecular flexibility index (Phi) is 7.08. The molecule has 120 valence electrons. The van der Waals surface area contributed by atoms with Crippen LogP contribution in [0.2, 0.25) is 0 Å². The molecular weight excluding hydrogens is 294 g/mol. The fourth-order valence-electron chi connectivity index (χ4n) is 2.64. The van der Waals surface area contributed by atoms with Gasteiger partial charge in [-0.05, 0) is 30.5 Å². The molecule has 0 radical (unpaired) electrons. The Balaban J connectivity index is 0.00000242. The normalized spacial score (nSPS) is 13.5. The van der Waals surface area contributed by atoms with Gasteiger partial charge >= 0.3 is 0 Å². The lowest BCUT2D eigenvalue weighted by Crippen LogP contribution is -3.06. The predicted octanol–water partition coefficient (Wildman–Crippen LogP) is -0.576. The fourth-order valence-corrected chi connectivity index (χ4v) is 2.64. The summed E-state index contributed by atoms with van der Waals surface area (Å²) in [5.41, 5.74) is 3.31. The van der Waals surface area contributed by atoms with Gasteiger partial charge in [0.15, 0.2) is 0 Å². The van der Waals surface area contributed by atoms with E-state index in [1.807, 2.05) is 6.07 Å². The largest absolute Gasteiger partial charge is 1.00 e. The molecule has 0 amide bonds. The monoisotopic (exact) mass is 319 g/mol. The number of rotatable bonds is 6. The zero-order valence-electron chi connectivity index (χ0n) is 13.9. The van der Waals surface area contributed by atoms with Crippen LogP contribution < -0.4 is 17.3 Å². The first-order chi connectivity index (χ1) is 10.0. The number of hydrogen-bond donors (Lipinski definition) is 1. The van der Waals surface area contributed by atoms with Gasteiger partial charge < -0.3 is 22.0 Å². The number of hydrogen-bond acceptors (Lipinski definition) is 1. The molecule has 3 heteroatoms. The lowest BCUT2D eigenvalue weighted by molar-refractivity contribution is -0.859. The van der Waals surface area contributed by atoms with Gasteiger partial charge in [0.25, 0.3) is 0 Å². The van der Waals surface area contributed by atoms with Gasteiger partial charge in [-0.2, -0.15) is 0 Å². The molecule has 0 aliphatic carbocycles. The van der Waals surface area contributed by atoms with Crippen LogP contribution in [0.4, 0.5) is 0 Å². The molecule has 2 rings (SSSR count). The van der Waals surface area contributed by atoms with E-state index in [4.69, 9.17) is 4.74 Å². The first kappa shape index (κ1) is 18.7. The Morgan fingerprint density at radius 1 is 0.955 bits per heavy atom. The van der Waals surface area contributed by atoms with Crippen LogP contribution in [0.15, 0.2) is 54.6 Å². The van der Waals surface area contributed by atoms with E-state index < -0.39 is 5.60 Å². The zero-order chi connectivity index (χ0) is 15.3. The van der Waals surface area contributed by atoms with E-state index in [1.165, 1.54) is 21.6 Å². The second-order valence-electron chi connectivity index (χ2n) is 6.02. The zero-order valence-corrected chi connectivity index (χ0v) is 14.7. The van der Waals surface area contributed by atoms with Crippen LogP contribution in [0.1, 0.15) is 23.6 Å². The molecule has 2 aromatic carbocycles. The van der Waals surface area contributed by atoms with Gasteiger partial charge in [-0.1, -0.05) is 54.6 Å². The molecular formula is C19H26ClNO. The summed E-state index contributed by atoms with van der Waals surface area (Å²) in [5.74, 6) is 0. The second kappa shape index (κ2) is 8.33. The van der Waals surface area contributed by atoms with Gasteiger partial charge in [-0.25, -0.2) is 0 Å². The van der Waals surface area contributed by atoms with Crippen LogP contribution in [0.25, 0.3) is 0 Å². The molecule has 2 nitrogen and oxygen atoms in total. The molecule has 1 atom stereocenters. The molecule has 0 bridgehead atoms. The maximum Gasteiger partial charge on any atom is 0.116 e. The van der Waals surface area contributed by atoms with Crippen molar-refractivity contribution < 1.29 is 22.0 Å². The highest BCUT2D eigenvalue weighted by atomic mass is 35.5. The van der Waals surface area contributed by atoms with Crippen molar-refractivity contribution >= 4 is 0 Å². The minimum absolute atomic E-state index is 0. The van der Waals surface area contributed by atoms with E-state index in [9.17, 15) is 0 Å². The third kappa shape index (κ3) is 4.33. The van der Waals surface area contributed by atoms with Gasteiger partial charge in [0.2, 0.25) is 0 Å². The van der Waals surface area contributed by atoms with Crippen LogP contribution in [0.5, 0.6) is 0 Å². The fraction of sp³-hybridized carbons (Fsp3) is 0.368. The molecule has 0 aliphatic heterocycles. The molecule has 0 saturated carbocycles. The maximum absolute atomic E-state index is 6.37. The molecule has 0 saturated heterocycles. The van der Waals surface area contributed by atoms with E-state index in [2.05, 4.69) is 76.5 Å². The summed E-state index contributed by atoms with van der Waals surface area (Å²) in [6.07, 6.45) is 0. The number of halogens is 1. The van der Waals surface area contributed by atoms with Gasteiger partial charge in [-0.15, -0.1) is 0 Å². The third-order valence-electron chi connectivity index (χ3n) is 3.98. The summed E-state index contributed by atoms with van der Waals surface area (Å²) >= 11 is 0. The van der Waals surface area contributed by atoms with Gasteiger partial charge in [0, 0.05) is 0 Å². The van der Waals surface area contributed by atoms with Crippen LogP contribution >= 0.6 is 0 Å². The number of aryl methyl sites for hydroxylation is 1. The Morgan fingerprint density at radius 3 is 2.14 bits per heavy atom. The van der Waals surface area contributed by atoms with Gasteiger partial charge in [0.05, 0.1) is 20.7 Å². The van der Waals surface area contributed by atoms with Crippen molar-refractivity contribution in [2.75, 3.05) is 27.2 Å². The Bertz CT molecular complexity index is 571. The molecule has 0 aromatic heterocycles. The van der Waals surface area contributed by atoms with Crippen molar-refractivity contribution in [1.29, 1.82) is 0 Å². The lowest BCUT2D eigenvalue weighted by Gasteiger charge is -2.32. The average molecular weight is 320 g/mol. The molecule has 1 N–H and O–H groups in total. The highest BCUT2D eigenvalue weighted by Gasteiger charge is 2.31. The topological polar surface area (TPSA) is 13.7 Å². The minimum atomic E-state index is -0.401. The highest BCUT2D eigenvalue weighted by Crippen LogP contribution is 2.34. The van der Waals surface area contributed by atoms with Crippen molar-refractivity contribution in [3.05, 3.63) is 71.3 Å². The summed E-state index contributed by atoms with van der Waals surface area (Å²) in [6, 6.07) is 19.0. The summed E-state index contributed by atoms with van der Waals surface area (Å²) < 4.78 is 6.37.